The fourth-order valence-electron chi connectivity index (χ4n) is 3.61. The topological polar surface area (TPSA) is 308 Å². The lowest BCUT2D eigenvalue weighted by molar-refractivity contribution is -0.141. The van der Waals surface area contributed by atoms with Gasteiger partial charge in [0.1, 0.15) is 30.7 Å². The van der Waals surface area contributed by atoms with E-state index in [1.807, 2.05) is 0 Å². The van der Waals surface area contributed by atoms with Crippen LogP contribution in [0.25, 0.3) is 0 Å². The highest BCUT2D eigenvalue weighted by molar-refractivity contribution is 6.06. The first-order valence-corrected chi connectivity index (χ1v) is 12.5. The number of aliphatic carboxylic acids is 1. The Morgan fingerprint density at radius 3 is 2.23 bits per heavy atom. The zero-order chi connectivity index (χ0) is 30.4. The van der Waals surface area contributed by atoms with E-state index in [0.717, 1.165) is 0 Å². The largest absolute Gasteiger partial charge is 0.481 e. The zero-order valence-corrected chi connectivity index (χ0v) is 22.2. The van der Waals surface area contributed by atoms with Gasteiger partial charge in [0.2, 0.25) is 23.6 Å². The van der Waals surface area contributed by atoms with Crippen LogP contribution in [-0.2, 0) is 28.8 Å². The molecule has 0 aromatic carbocycles. The molecular weight excluding hydrogens is 532 g/mol. The number of nitrogens with zero attached hydrogens (tertiary/aromatic N) is 2. The first-order valence-electron chi connectivity index (χ1n) is 12.5. The summed E-state index contributed by atoms with van der Waals surface area (Å²) in [5.41, 5.74) is 21.1. The van der Waals surface area contributed by atoms with Gasteiger partial charge in [0, 0.05) is 6.54 Å². The first kappa shape index (κ1) is 33.5. The van der Waals surface area contributed by atoms with Crippen molar-refractivity contribution < 1.29 is 38.7 Å². The molecule has 7 amide bonds. The number of carbonyl (C=O) groups is 7. The van der Waals surface area contributed by atoms with Crippen LogP contribution >= 0.6 is 0 Å². The Kier molecular flexibility index (Phi) is 13.8. The van der Waals surface area contributed by atoms with Crippen LogP contribution in [-0.4, -0.2) is 101 Å². The number of amides is 7. The first-order chi connectivity index (χ1) is 18.8. The second kappa shape index (κ2) is 16.5. The van der Waals surface area contributed by atoms with Crippen LogP contribution in [0.2, 0.25) is 0 Å². The van der Waals surface area contributed by atoms with E-state index in [0.29, 0.717) is 30.7 Å². The molecule has 18 nitrogen and oxygen atoms in total. The smallest absolute Gasteiger partial charge is 0.325 e. The standard InChI is InChI=1S/C22H38N10O8/c1-11(17(24)36)28-18(37)12(5-2-3-7-23)30-19(38)14(9-16(34)35)29-15(33)10-32-20(39)13(31-22(32)40)6-4-8-27-21(25)26/h11-14H,2-10,23H2,1H3,(H2,24,36)(H,28,37)(H,29,33)(H,30,38)(H,31,40)(H,34,35)(H4,25,26,27)/t11-,12-,13-,14-/m0/s1. The molecule has 0 saturated carbocycles. The third-order valence-electron chi connectivity index (χ3n) is 5.75. The van der Waals surface area contributed by atoms with Gasteiger partial charge >= 0.3 is 12.0 Å². The van der Waals surface area contributed by atoms with E-state index in [9.17, 15) is 38.7 Å². The Morgan fingerprint density at radius 1 is 1.00 bits per heavy atom. The van der Waals surface area contributed by atoms with Crippen LogP contribution < -0.4 is 44.2 Å². The lowest BCUT2D eigenvalue weighted by Gasteiger charge is -2.24. The molecule has 0 aliphatic carbocycles. The predicted molar refractivity (Wildman–Crippen MR) is 140 cm³/mol. The van der Waals surface area contributed by atoms with Gasteiger partial charge in [-0.05, 0) is 45.6 Å². The highest BCUT2D eigenvalue weighted by Crippen LogP contribution is 2.11. The Bertz CT molecular complexity index is 1000. The molecule has 40 heavy (non-hydrogen) atoms. The molecule has 0 aromatic rings. The van der Waals surface area contributed by atoms with Gasteiger partial charge in [-0.25, -0.2) is 4.79 Å². The molecular formula is C22H38N10O8. The van der Waals surface area contributed by atoms with Crippen molar-refractivity contribution in [2.45, 2.75) is 69.6 Å². The Hall–Kier alpha value is -4.48. The van der Waals surface area contributed by atoms with Crippen molar-refractivity contribution in [1.82, 2.24) is 26.2 Å². The molecule has 1 heterocycles. The number of unbranched alkanes of at least 4 members (excludes halogenated alkanes) is 1. The number of imide groups is 1. The van der Waals surface area contributed by atoms with Crippen molar-refractivity contribution in [3.8, 4) is 0 Å². The molecule has 13 N–H and O–H groups in total. The lowest BCUT2D eigenvalue weighted by atomic mass is 10.1. The molecule has 0 bridgehead atoms. The number of nitrogens with two attached hydrogens (primary N) is 4. The molecule has 18 heteroatoms. The number of urea groups is 1. The zero-order valence-electron chi connectivity index (χ0n) is 22.2. The number of hydrogen-bond donors (Lipinski definition) is 9. The van der Waals surface area contributed by atoms with Gasteiger partial charge in [0.15, 0.2) is 5.96 Å². The molecule has 1 rings (SSSR count). The van der Waals surface area contributed by atoms with E-state index in [2.05, 4.69) is 26.3 Å². The molecule has 1 fully saturated rings. The number of nitrogens with one attached hydrogen (secondary N) is 4. The van der Waals surface area contributed by atoms with E-state index < -0.39 is 78.7 Å². The lowest BCUT2D eigenvalue weighted by Crippen LogP contribution is -2.57. The normalized spacial score (nSPS) is 16.8. The summed E-state index contributed by atoms with van der Waals surface area (Å²) in [5.74, 6) is -5.81. The van der Waals surface area contributed by atoms with Crippen molar-refractivity contribution in [2.24, 2.45) is 27.9 Å². The summed E-state index contributed by atoms with van der Waals surface area (Å²) < 4.78 is 0. The Balaban J connectivity index is 2.88. The number of guanidine groups is 1. The number of aliphatic imine (C=N–C) groups is 1. The van der Waals surface area contributed by atoms with Crippen LogP contribution in [0.1, 0.15) is 45.4 Å². The number of rotatable bonds is 18. The molecule has 4 atom stereocenters. The summed E-state index contributed by atoms with van der Waals surface area (Å²) >= 11 is 0. The SMILES string of the molecule is C[C@H](NC(=O)[C@H](CCCCN)NC(=O)[C@H](CC(=O)O)NC(=O)CN1C(=O)N[C@@H](CCCN=C(N)N)C1=O)C(N)=O. The van der Waals surface area contributed by atoms with Gasteiger partial charge in [-0.2, -0.15) is 0 Å². The minimum Gasteiger partial charge on any atom is -0.481 e. The number of primary amides is 1. The molecule has 1 saturated heterocycles. The summed E-state index contributed by atoms with van der Waals surface area (Å²) in [6.45, 7) is 1.10. The maximum absolute atomic E-state index is 12.9. The van der Waals surface area contributed by atoms with Gasteiger partial charge in [-0.15, -0.1) is 0 Å². The van der Waals surface area contributed by atoms with Gasteiger partial charge in [-0.1, -0.05) is 0 Å². The van der Waals surface area contributed by atoms with Gasteiger partial charge < -0.3 is 49.3 Å². The summed E-state index contributed by atoms with van der Waals surface area (Å²) in [4.78, 5) is 90.1. The molecule has 224 valence electrons. The summed E-state index contributed by atoms with van der Waals surface area (Å²) in [6.07, 6.45) is 0.733. The van der Waals surface area contributed by atoms with Crippen LogP contribution in [0.3, 0.4) is 0 Å². The molecule has 0 aromatic heterocycles. The van der Waals surface area contributed by atoms with Gasteiger partial charge in [0.05, 0.1) is 6.42 Å². The quantitative estimate of drug-likeness (QED) is 0.0327. The molecule has 1 aliphatic rings. The van der Waals surface area contributed by atoms with Gasteiger partial charge in [0.25, 0.3) is 5.91 Å². The third kappa shape index (κ3) is 11.5. The van der Waals surface area contributed by atoms with Crippen molar-refractivity contribution in [3.63, 3.8) is 0 Å². The summed E-state index contributed by atoms with van der Waals surface area (Å²) in [7, 11) is 0. The maximum Gasteiger partial charge on any atom is 0.325 e. The van der Waals surface area contributed by atoms with E-state index >= 15 is 0 Å². The van der Waals surface area contributed by atoms with Crippen LogP contribution in [0.15, 0.2) is 4.99 Å². The highest BCUT2D eigenvalue weighted by Gasteiger charge is 2.39. The summed E-state index contributed by atoms with van der Waals surface area (Å²) in [6, 6.07) is -5.65. The van der Waals surface area contributed by atoms with Gasteiger partial charge in [-0.3, -0.25) is 38.7 Å². The predicted octanol–water partition coefficient (Wildman–Crippen LogP) is -4.48. The fraction of sp³-hybridized carbons (Fsp3) is 0.636. The van der Waals surface area contributed by atoms with Crippen LogP contribution in [0.4, 0.5) is 4.79 Å². The average molecular weight is 571 g/mol. The summed E-state index contributed by atoms with van der Waals surface area (Å²) in [5, 5.41) is 18.6. The molecule has 0 spiro atoms. The van der Waals surface area contributed by atoms with E-state index in [1.165, 1.54) is 6.92 Å². The van der Waals surface area contributed by atoms with Crippen molar-refractivity contribution >= 4 is 47.5 Å². The third-order valence-corrected chi connectivity index (χ3v) is 5.75. The number of hydrogen-bond acceptors (Lipinski definition) is 9. The number of carboxylic acids is 1. The van der Waals surface area contributed by atoms with Crippen molar-refractivity contribution in [3.05, 3.63) is 0 Å². The average Bonchev–Trinajstić information content (AvgIpc) is 3.12. The second-order valence-corrected chi connectivity index (χ2v) is 9.07. The van der Waals surface area contributed by atoms with Crippen molar-refractivity contribution in [1.29, 1.82) is 0 Å². The Labute approximate surface area is 230 Å². The molecule has 1 aliphatic heterocycles. The number of carbonyl (C=O) groups excluding carboxylic acids is 6. The van der Waals surface area contributed by atoms with Crippen molar-refractivity contribution in [2.75, 3.05) is 19.6 Å². The van der Waals surface area contributed by atoms with E-state index in [1.54, 1.807) is 0 Å². The van der Waals surface area contributed by atoms with E-state index in [-0.39, 0.29) is 25.3 Å². The second-order valence-electron chi connectivity index (χ2n) is 9.07. The minimum atomic E-state index is -1.65. The molecule has 0 unspecified atom stereocenters. The molecule has 0 radical (unpaired) electrons. The van der Waals surface area contributed by atoms with Crippen LogP contribution in [0, 0.1) is 0 Å². The highest BCUT2D eigenvalue weighted by atomic mass is 16.4. The van der Waals surface area contributed by atoms with E-state index in [4.69, 9.17) is 22.9 Å². The Morgan fingerprint density at radius 2 is 1.65 bits per heavy atom. The maximum atomic E-state index is 12.9. The number of carboxylic acid groups (broad SMARTS) is 1. The fourth-order valence-corrected chi connectivity index (χ4v) is 3.61. The monoisotopic (exact) mass is 570 g/mol. The van der Waals surface area contributed by atoms with Crippen LogP contribution in [0.5, 0.6) is 0 Å². The minimum absolute atomic E-state index is 0.0982.